The van der Waals surface area contributed by atoms with Crippen LogP contribution in [0.2, 0.25) is 0 Å². The van der Waals surface area contributed by atoms with Crippen LogP contribution in [0.3, 0.4) is 0 Å². The average molecular weight is 921 g/mol. The van der Waals surface area contributed by atoms with E-state index in [0.29, 0.717) is 58.3 Å². The van der Waals surface area contributed by atoms with Gasteiger partial charge in [-0.1, -0.05) is 58.0 Å². The molecular formula is C49H54F2N8O8. The maximum Gasteiger partial charge on any atom is 0.407 e. The second-order valence-corrected chi connectivity index (χ2v) is 19.1. The molecule has 2 aliphatic carbocycles. The Morgan fingerprint density at radius 1 is 0.791 bits per heavy atom. The Balaban J connectivity index is 0.902. The first-order valence-corrected chi connectivity index (χ1v) is 22.9. The monoisotopic (exact) mass is 920 g/mol. The van der Waals surface area contributed by atoms with Crippen LogP contribution in [0.4, 0.5) is 18.4 Å². The smallest absolute Gasteiger partial charge is 0.407 e. The lowest BCUT2D eigenvalue weighted by Gasteiger charge is -2.37. The number of halogens is 2. The van der Waals surface area contributed by atoms with E-state index >= 15 is 8.78 Å². The topological polar surface area (TPSA) is 193 Å². The van der Waals surface area contributed by atoms with Crippen molar-refractivity contribution in [2.45, 2.75) is 95.3 Å². The number of rotatable bonds is 10. The summed E-state index contributed by atoms with van der Waals surface area (Å²) in [5.74, 6) is -4.04. The van der Waals surface area contributed by atoms with Gasteiger partial charge in [0.2, 0.25) is 11.8 Å². The molecule has 6 atom stereocenters. The summed E-state index contributed by atoms with van der Waals surface area (Å²) >= 11 is 0. The van der Waals surface area contributed by atoms with E-state index in [1.165, 1.54) is 20.3 Å². The van der Waals surface area contributed by atoms with E-state index in [0.717, 1.165) is 30.3 Å². The second-order valence-electron chi connectivity index (χ2n) is 19.1. The summed E-state index contributed by atoms with van der Waals surface area (Å²) in [4.78, 5) is 72.4. The number of amides is 4. The quantitative estimate of drug-likeness (QED) is 0.109. The predicted octanol–water partition coefficient (Wildman–Crippen LogP) is 7.57. The second kappa shape index (κ2) is 16.7. The van der Waals surface area contributed by atoms with Crippen molar-refractivity contribution in [1.82, 2.24) is 40.4 Å². The van der Waals surface area contributed by atoms with Crippen molar-refractivity contribution < 1.29 is 46.9 Å². The number of piperidine rings is 1. The van der Waals surface area contributed by atoms with Crippen LogP contribution >= 0.6 is 0 Å². The SMILES string of the molecule is COC(=O)N[C@H](C(=O)N1CC2(CC1c1ncc(-c3ccc4c(c3)C(F)(F)c3cc(-c5ccc6nc([C@@H]7C8CC[C@H](C8)N7C(=O)[C@@H](NC(=O)OC)C(C)C)[nH]c6c5)ccc3-4)[nH]1)OCCO2)C(C)C. The number of fused-ring (bicyclic) bond motifs is 6. The molecular weight excluding hydrogens is 867 g/mol. The van der Waals surface area contributed by atoms with Crippen LogP contribution < -0.4 is 10.6 Å². The summed E-state index contributed by atoms with van der Waals surface area (Å²) in [5, 5.41) is 5.38. The van der Waals surface area contributed by atoms with Crippen molar-refractivity contribution in [2.24, 2.45) is 17.8 Å². The summed E-state index contributed by atoms with van der Waals surface area (Å²) in [6, 6.07) is 13.2. The number of nitrogens with one attached hydrogen (secondary N) is 4. The molecule has 3 saturated heterocycles. The van der Waals surface area contributed by atoms with Gasteiger partial charge in [-0.25, -0.2) is 19.6 Å². The van der Waals surface area contributed by atoms with E-state index < -0.39 is 42.0 Å². The molecule has 0 radical (unpaired) electrons. The van der Waals surface area contributed by atoms with Crippen molar-refractivity contribution >= 4 is 35.0 Å². The zero-order chi connectivity index (χ0) is 47.1. The van der Waals surface area contributed by atoms with Crippen molar-refractivity contribution in [3.05, 3.63) is 83.6 Å². The van der Waals surface area contributed by atoms with E-state index in [4.69, 9.17) is 23.9 Å². The number of benzene rings is 3. The number of hydrogen-bond donors (Lipinski definition) is 4. The van der Waals surface area contributed by atoms with Crippen LogP contribution in [-0.2, 0) is 34.5 Å². The van der Waals surface area contributed by atoms with Crippen molar-refractivity contribution in [1.29, 1.82) is 0 Å². The average Bonchev–Trinajstić information content (AvgIpc) is 4.20. The summed E-state index contributed by atoms with van der Waals surface area (Å²) in [6.07, 6.45) is 3.15. The number of ether oxygens (including phenoxy) is 4. The van der Waals surface area contributed by atoms with Gasteiger partial charge in [-0.3, -0.25) is 9.59 Å². The highest BCUT2D eigenvalue weighted by Crippen LogP contribution is 2.54. The molecule has 3 aliphatic heterocycles. The fourth-order valence-electron chi connectivity index (χ4n) is 11.0. The Bertz CT molecular complexity index is 2780. The Kier molecular flexibility index (Phi) is 11.1. The molecule has 16 nitrogen and oxygen atoms in total. The molecule has 4 N–H and O–H groups in total. The number of imidazole rings is 2. The number of aromatic amines is 2. The first kappa shape index (κ1) is 44.4. The molecule has 1 saturated carbocycles. The van der Waals surface area contributed by atoms with Gasteiger partial charge < -0.3 is 49.3 Å². The van der Waals surface area contributed by atoms with Gasteiger partial charge in [0.15, 0.2) is 5.79 Å². The van der Waals surface area contributed by atoms with Gasteiger partial charge in [0, 0.05) is 29.2 Å². The molecule has 1 spiro atoms. The van der Waals surface area contributed by atoms with Crippen LogP contribution in [-0.4, -0.2) is 112 Å². The molecule has 2 bridgehead atoms. The number of carbonyl (C=O) groups excluding carboxylic acids is 4. The normalized spacial score (nSPS) is 23.0. The highest BCUT2D eigenvalue weighted by Gasteiger charge is 2.54. The minimum atomic E-state index is -3.32. The molecule has 5 heterocycles. The van der Waals surface area contributed by atoms with Gasteiger partial charge in [0.1, 0.15) is 23.7 Å². The molecule has 2 unspecified atom stereocenters. The Morgan fingerprint density at radius 2 is 1.40 bits per heavy atom. The van der Waals surface area contributed by atoms with Crippen LogP contribution in [0.5, 0.6) is 0 Å². The van der Waals surface area contributed by atoms with Crippen molar-refractivity contribution in [3.8, 4) is 33.5 Å². The molecule has 67 heavy (non-hydrogen) atoms. The molecule has 352 valence electrons. The van der Waals surface area contributed by atoms with Gasteiger partial charge >= 0.3 is 12.2 Å². The first-order valence-electron chi connectivity index (χ1n) is 22.9. The molecule has 2 aromatic heterocycles. The number of methoxy groups -OCH3 is 2. The highest BCUT2D eigenvalue weighted by molar-refractivity contribution is 5.89. The van der Waals surface area contributed by atoms with Crippen molar-refractivity contribution in [3.63, 3.8) is 0 Å². The molecule has 18 heteroatoms. The molecule has 4 amide bonds. The predicted molar refractivity (Wildman–Crippen MR) is 240 cm³/mol. The number of alkyl carbamates (subject to hydrolysis) is 2. The Labute approximate surface area is 385 Å². The van der Waals surface area contributed by atoms with Crippen LogP contribution in [0.15, 0.2) is 60.8 Å². The molecule has 3 aromatic carbocycles. The number of hydrogen-bond acceptors (Lipinski definition) is 10. The van der Waals surface area contributed by atoms with Crippen LogP contribution in [0, 0.1) is 17.8 Å². The number of nitrogens with zero attached hydrogens (tertiary/aromatic N) is 4. The fraction of sp³-hybridized carbons (Fsp3) is 0.469. The van der Waals surface area contributed by atoms with Gasteiger partial charge in [-0.15, -0.1) is 0 Å². The summed E-state index contributed by atoms with van der Waals surface area (Å²) in [6.45, 7) is 8.26. The van der Waals surface area contributed by atoms with Gasteiger partial charge in [0.25, 0.3) is 5.92 Å². The van der Waals surface area contributed by atoms with E-state index in [-0.39, 0.29) is 65.7 Å². The third-order valence-electron chi connectivity index (χ3n) is 14.4. The number of likely N-dealkylation sites (tertiary alicyclic amines) is 2. The lowest BCUT2D eigenvalue weighted by atomic mass is 9.95. The molecule has 5 aliphatic rings. The van der Waals surface area contributed by atoms with Gasteiger partial charge in [-0.2, -0.15) is 8.78 Å². The third kappa shape index (κ3) is 7.57. The minimum Gasteiger partial charge on any atom is -0.453 e. The lowest BCUT2D eigenvalue weighted by Crippen LogP contribution is -2.54. The van der Waals surface area contributed by atoms with E-state index in [9.17, 15) is 19.2 Å². The molecule has 5 aromatic rings. The van der Waals surface area contributed by atoms with Crippen molar-refractivity contribution in [2.75, 3.05) is 34.0 Å². The Morgan fingerprint density at radius 3 is 2.06 bits per heavy atom. The lowest BCUT2D eigenvalue weighted by molar-refractivity contribution is -0.153. The third-order valence-corrected chi connectivity index (χ3v) is 14.4. The number of carbonyl (C=O) groups is 4. The number of H-pyrrole nitrogens is 2. The number of aromatic nitrogens is 4. The minimum absolute atomic E-state index is 0.0366. The summed E-state index contributed by atoms with van der Waals surface area (Å²) in [7, 11) is 2.51. The fourth-order valence-corrected chi connectivity index (χ4v) is 11.0. The maximum absolute atomic E-state index is 16.7. The summed E-state index contributed by atoms with van der Waals surface area (Å²) in [5.41, 5.74) is 4.36. The van der Waals surface area contributed by atoms with E-state index in [1.807, 2.05) is 56.9 Å². The van der Waals surface area contributed by atoms with E-state index in [2.05, 4.69) is 25.6 Å². The van der Waals surface area contributed by atoms with Gasteiger partial charge in [0.05, 0.1) is 69.0 Å². The summed E-state index contributed by atoms with van der Waals surface area (Å²) < 4.78 is 55.1. The highest BCUT2D eigenvalue weighted by atomic mass is 19.3. The number of alkyl halides is 2. The maximum atomic E-state index is 16.7. The van der Waals surface area contributed by atoms with Crippen LogP contribution in [0.1, 0.15) is 88.2 Å². The first-order chi connectivity index (χ1) is 32.1. The molecule has 4 fully saturated rings. The Hall–Kier alpha value is -6.40. The zero-order valence-corrected chi connectivity index (χ0v) is 38.2. The largest absolute Gasteiger partial charge is 0.453 e. The molecule has 10 rings (SSSR count). The van der Waals surface area contributed by atoms with E-state index in [1.54, 1.807) is 35.4 Å². The zero-order valence-electron chi connectivity index (χ0n) is 38.2. The van der Waals surface area contributed by atoms with Gasteiger partial charge in [-0.05, 0) is 83.5 Å². The standard InChI is InChI=1S/C49H54F2N8O8/c1-24(2)39(56-46(62)64-5)44(60)58-23-48(66-15-16-67-48)21-38(58)42-52-22-37(55-42)28-9-13-32-31-12-8-26(18-33(31)49(50,51)34(32)19-28)27-10-14-35-36(20-27)54-43(53-35)41-29-7-11-30(17-29)59(41)45(61)40(25(3)4)57-47(63)65-6/h8-10,12-14,18-20,22,24-25,29-30,38-41H,7,11,15-17,21,23H2,1-6H3,(H,52,55)(H,53,54)(H,56,62)(H,57,63)/t29?,30-,38?,39+,40+,41+/m1/s1. The van der Waals surface area contributed by atoms with Crippen LogP contribution in [0.25, 0.3) is 44.5 Å².